The number of hydrogen-bond acceptors (Lipinski definition) is 3. The Morgan fingerprint density at radius 1 is 1.31 bits per heavy atom. The summed E-state index contributed by atoms with van der Waals surface area (Å²) >= 11 is 0. The second-order valence-electron chi connectivity index (χ2n) is 2.63. The van der Waals surface area contributed by atoms with Gasteiger partial charge in [0.1, 0.15) is 12.4 Å². The molecule has 1 aromatic rings. The molecule has 0 spiro atoms. The van der Waals surface area contributed by atoms with Crippen LogP contribution in [0.15, 0.2) is 24.3 Å². The Hall–Kier alpha value is -1.51. The van der Waals surface area contributed by atoms with E-state index in [2.05, 4.69) is 0 Å². The van der Waals surface area contributed by atoms with Crippen molar-refractivity contribution in [2.45, 2.75) is 13.5 Å². The first kappa shape index (κ1) is 9.58. The molecule has 1 rings (SSSR count). The zero-order valence-electron chi connectivity index (χ0n) is 7.74. The van der Waals surface area contributed by atoms with Crippen LogP contribution in [0, 0.1) is 0 Å². The average molecular weight is 187 g/mol. The van der Waals surface area contributed by atoms with Crippen molar-refractivity contribution in [2.75, 3.05) is 7.11 Å². The van der Waals surface area contributed by atoms with Crippen molar-refractivity contribution in [1.29, 1.82) is 0 Å². The topological polar surface area (TPSA) is 35.5 Å². The van der Waals surface area contributed by atoms with E-state index in [1.165, 1.54) is 6.92 Å². The molecule has 0 bridgehead atoms. The fourth-order valence-electron chi connectivity index (χ4n) is 0.907. The highest BCUT2D eigenvalue weighted by molar-refractivity contribution is 5.65. The maximum atomic E-state index is 10.5. The molecule has 0 heterocycles. The van der Waals surface area contributed by atoms with Gasteiger partial charge in [0.25, 0.3) is 0 Å². The third-order valence-electron chi connectivity index (χ3n) is 1.60. The molecule has 13 heavy (non-hydrogen) atoms. The van der Waals surface area contributed by atoms with E-state index in [0.29, 0.717) is 6.61 Å². The predicted molar refractivity (Wildman–Crippen MR) is 48.5 cm³/mol. The van der Waals surface area contributed by atoms with Crippen LogP contribution in [0.3, 0.4) is 0 Å². The van der Waals surface area contributed by atoms with Gasteiger partial charge >= 0.3 is 5.97 Å². The zero-order chi connectivity index (χ0) is 9.68. The molecule has 0 aliphatic rings. The molecule has 0 radical (unpaired) electrons. The van der Waals surface area contributed by atoms with Gasteiger partial charge in [0.05, 0.1) is 7.11 Å². The summed E-state index contributed by atoms with van der Waals surface area (Å²) in [6.45, 7) is 1.71. The number of esters is 1. The lowest BCUT2D eigenvalue weighted by molar-refractivity contribution is -0.142. The van der Waals surface area contributed by atoms with Crippen LogP contribution in [-0.2, 0) is 16.1 Å². The van der Waals surface area contributed by atoms with Crippen LogP contribution in [-0.4, -0.2) is 13.1 Å². The highest BCUT2D eigenvalue weighted by Crippen LogP contribution is 2.11. The molecule has 0 fully saturated rings. The number of ether oxygens (including phenoxy) is 2. The van der Waals surface area contributed by atoms with Gasteiger partial charge in [0.2, 0.25) is 0 Å². The van der Waals surface area contributed by atoms with E-state index in [0.717, 1.165) is 11.3 Å². The van der Waals surface area contributed by atoms with Crippen LogP contribution in [0.1, 0.15) is 12.5 Å². The summed E-state index contributed by atoms with van der Waals surface area (Å²) in [5.74, 6) is 0.530. The maximum Gasteiger partial charge on any atom is 0.302 e. The molecule has 3 heteroatoms. The van der Waals surface area contributed by atoms with Crippen molar-refractivity contribution in [3.8, 4) is 5.75 Å². The number of rotatable bonds is 3. The van der Waals surface area contributed by atoms with Gasteiger partial charge in [0.15, 0.2) is 0 Å². The minimum Gasteiger partial charge on any atom is -0.497 e. The van der Waals surface area contributed by atoms with Crippen molar-refractivity contribution in [1.82, 2.24) is 0 Å². The highest BCUT2D eigenvalue weighted by atomic mass is 16.6. The molecule has 0 atom stereocenters. The van der Waals surface area contributed by atoms with E-state index in [9.17, 15) is 4.79 Å². The molecule has 0 aliphatic carbocycles. The summed E-state index contributed by atoms with van der Waals surface area (Å²) in [6.07, 6.45) is 0. The number of methoxy groups -OCH3 is 1. The average Bonchev–Trinajstić information content (AvgIpc) is 2.15. The standard InChI is InChI=1S/C10H12O3/c1-8(11)13-7-9-3-5-10(12-2)6-4-9/h3-6H,7H2,1-2H3/i3+1,4+1,5+1,6+1,7+1,9+1,10+1. The largest absolute Gasteiger partial charge is 0.497 e. The van der Waals surface area contributed by atoms with Crippen LogP contribution in [0.2, 0.25) is 0 Å². The van der Waals surface area contributed by atoms with Gasteiger partial charge in [-0.15, -0.1) is 0 Å². The third kappa shape index (κ3) is 3.15. The van der Waals surface area contributed by atoms with E-state index in [1.807, 2.05) is 24.3 Å². The summed E-state index contributed by atoms with van der Waals surface area (Å²) in [5.41, 5.74) is 0.955. The van der Waals surface area contributed by atoms with Gasteiger partial charge < -0.3 is 9.47 Å². The first-order chi connectivity index (χ1) is 6.22. The van der Waals surface area contributed by atoms with Crippen molar-refractivity contribution >= 4 is 5.97 Å². The van der Waals surface area contributed by atoms with Crippen molar-refractivity contribution < 1.29 is 14.3 Å². The summed E-state index contributed by atoms with van der Waals surface area (Å²) in [6, 6.07) is 7.39. The Morgan fingerprint density at radius 3 is 2.38 bits per heavy atom. The smallest absolute Gasteiger partial charge is 0.302 e. The van der Waals surface area contributed by atoms with Gasteiger partial charge in [-0.25, -0.2) is 0 Å². The Morgan fingerprint density at radius 2 is 1.92 bits per heavy atom. The Kier molecular flexibility index (Phi) is 3.31. The van der Waals surface area contributed by atoms with Crippen molar-refractivity contribution in [2.24, 2.45) is 0 Å². The second kappa shape index (κ2) is 4.50. The number of carbonyl (C=O) groups is 1. The molecule has 0 N–H and O–H groups in total. The summed E-state index contributed by atoms with van der Waals surface area (Å²) in [4.78, 5) is 10.5. The van der Waals surface area contributed by atoms with E-state index < -0.39 is 0 Å². The number of hydrogen-bond donors (Lipinski definition) is 0. The normalized spacial score (nSPS) is 9.38. The number of benzene rings is 1. The molecular weight excluding hydrogens is 175 g/mol. The van der Waals surface area contributed by atoms with Crippen molar-refractivity contribution in [3.05, 3.63) is 29.8 Å². The molecule has 0 amide bonds. The molecule has 0 saturated carbocycles. The minimum atomic E-state index is -0.268. The maximum absolute atomic E-state index is 10.5. The first-order valence-corrected chi connectivity index (χ1v) is 3.98. The van der Waals surface area contributed by atoms with Crippen LogP contribution in [0.25, 0.3) is 0 Å². The monoisotopic (exact) mass is 187 g/mol. The summed E-state index contributed by atoms with van der Waals surface area (Å²) in [5, 5.41) is 0. The molecule has 70 valence electrons. The van der Waals surface area contributed by atoms with Gasteiger partial charge in [-0.2, -0.15) is 0 Å². The predicted octanol–water partition coefficient (Wildman–Crippen LogP) is 1.76. The van der Waals surface area contributed by atoms with Crippen molar-refractivity contribution in [3.63, 3.8) is 0 Å². The van der Waals surface area contributed by atoms with Crippen LogP contribution < -0.4 is 4.74 Å². The molecule has 0 unspecified atom stereocenters. The molecule has 1 aromatic carbocycles. The van der Waals surface area contributed by atoms with E-state index >= 15 is 0 Å². The lowest BCUT2D eigenvalue weighted by Gasteiger charge is -2.03. The van der Waals surface area contributed by atoms with Crippen LogP contribution in [0.5, 0.6) is 5.75 Å². The summed E-state index contributed by atoms with van der Waals surface area (Å²) < 4.78 is 9.81. The SMILES string of the molecule is CO[13c]1[13cH][13cH][13c]([13CH2]OC(C)=O)[13cH][13cH]1. The molecule has 3 nitrogen and oxygen atoms in total. The van der Waals surface area contributed by atoms with E-state index in [-0.39, 0.29) is 5.97 Å². The highest BCUT2D eigenvalue weighted by Gasteiger charge is 1.96. The number of carbonyl (C=O) groups excluding carboxylic acids is 1. The van der Waals surface area contributed by atoms with E-state index in [4.69, 9.17) is 9.47 Å². The molecule has 0 aromatic heterocycles. The quantitative estimate of drug-likeness (QED) is 0.534. The van der Waals surface area contributed by atoms with Gasteiger partial charge in [-0.3, -0.25) is 4.79 Å². The minimum absolute atomic E-state index is 0.268. The van der Waals surface area contributed by atoms with Gasteiger partial charge in [-0.1, -0.05) is 12.1 Å². The fourth-order valence-corrected chi connectivity index (χ4v) is 0.907. The van der Waals surface area contributed by atoms with Crippen LogP contribution in [0.4, 0.5) is 0 Å². The van der Waals surface area contributed by atoms with Gasteiger partial charge in [-0.05, 0) is 17.7 Å². The van der Waals surface area contributed by atoms with Gasteiger partial charge in [0, 0.05) is 6.92 Å². The fraction of sp³-hybridized carbons (Fsp3) is 0.300. The Bertz CT molecular complexity index is 277. The molecule has 0 saturated heterocycles. The second-order valence-corrected chi connectivity index (χ2v) is 2.63. The van der Waals surface area contributed by atoms with E-state index in [1.54, 1.807) is 7.11 Å². The molecule has 0 aliphatic heterocycles. The summed E-state index contributed by atoms with van der Waals surface area (Å²) in [7, 11) is 1.61. The van der Waals surface area contributed by atoms with Crippen LogP contribution >= 0.6 is 0 Å². The lowest BCUT2D eigenvalue weighted by atomic mass is 10.8. The molecular formula is C10H12O3. The Balaban J connectivity index is 2.54. The Labute approximate surface area is 77.3 Å². The zero-order valence-corrected chi connectivity index (χ0v) is 7.74. The third-order valence-corrected chi connectivity index (χ3v) is 1.60. The lowest BCUT2D eigenvalue weighted by Crippen LogP contribution is -1.98. The first-order valence-electron chi connectivity index (χ1n) is 3.98.